The first-order valence-electron chi connectivity index (χ1n) is 9.92. The van der Waals surface area contributed by atoms with Gasteiger partial charge < -0.3 is 9.64 Å². The molecule has 2 aromatic rings. The van der Waals surface area contributed by atoms with Crippen LogP contribution in [0.3, 0.4) is 0 Å². The minimum atomic E-state index is -0.512. The summed E-state index contributed by atoms with van der Waals surface area (Å²) in [5, 5.41) is 4.34. The van der Waals surface area contributed by atoms with Crippen LogP contribution >= 0.6 is 0 Å². The van der Waals surface area contributed by atoms with Crippen molar-refractivity contribution in [2.24, 2.45) is 0 Å². The summed E-state index contributed by atoms with van der Waals surface area (Å²) in [5.74, 6) is -0.666. The lowest BCUT2D eigenvalue weighted by molar-refractivity contribution is -0.117. The van der Waals surface area contributed by atoms with E-state index in [4.69, 9.17) is 4.74 Å². The van der Waals surface area contributed by atoms with Crippen molar-refractivity contribution in [1.29, 1.82) is 0 Å². The number of fused-ring (bicyclic) bond motifs is 1. The fraction of sp³-hybridized carbons (Fsp3) is 0.476. The first kappa shape index (κ1) is 19.4. The Hall–Kier alpha value is -2.90. The highest BCUT2D eigenvalue weighted by Gasteiger charge is 2.36. The van der Waals surface area contributed by atoms with Gasteiger partial charge in [-0.05, 0) is 39.7 Å². The monoisotopic (exact) mass is 400 g/mol. The van der Waals surface area contributed by atoms with E-state index < -0.39 is 11.9 Å². The van der Waals surface area contributed by atoms with Gasteiger partial charge >= 0.3 is 6.09 Å². The zero-order valence-corrected chi connectivity index (χ0v) is 17.1. The lowest BCUT2D eigenvalue weighted by atomic mass is 10.0. The molecule has 2 heterocycles. The number of carbonyl (C=O) groups is 2. The summed E-state index contributed by atoms with van der Waals surface area (Å²) in [5.41, 5.74) is 1.81. The predicted molar refractivity (Wildman–Crippen MR) is 107 cm³/mol. The van der Waals surface area contributed by atoms with Crippen LogP contribution in [0.25, 0.3) is 11.1 Å². The van der Waals surface area contributed by atoms with Crippen LogP contribution in [0.4, 0.5) is 20.6 Å². The molecule has 0 unspecified atom stereocenters. The third-order valence-corrected chi connectivity index (χ3v) is 5.23. The van der Waals surface area contributed by atoms with Crippen molar-refractivity contribution in [2.75, 3.05) is 16.3 Å². The van der Waals surface area contributed by atoms with Crippen LogP contribution in [0.15, 0.2) is 24.5 Å². The Bertz CT molecular complexity index is 967. The molecule has 1 atom stereocenters. The van der Waals surface area contributed by atoms with Gasteiger partial charge in [-0.15, -0.1) is 0 Å². The topological polar surface area (TPSA) is 67.7 Å². The van der Waals surface area contributed by atoms with Gasteiger partial charge in [-0.2, -0.15) is 5.10 Å². The van der Waals surface area contributed by atoms with Gasteiger partial charge in [-0.3, -0.25) is 14.4 Å². The normalized spacial score (nSPS) is 18.8. The molecule has 2 aliphatic rings. The highest BCUT2D eigenvalue weighted by atomic mass is 19.1. The summed E-state index contributed by atoms with van der Waals surface area (Å²) in [6.45, 7) is 7.08. The number of ether oxygens (including phenoxy) is 1. The van der Waals surface area contributed by atoms with E-state index in [1.165, 1.54) is 22.8 Å². The number of anilines is 2. The molecule has 154 valence electrons. The van der Waals surface area contributed by atoms with Crippen molar-refractivity contribution >= 4 is 23.4 Å². The highest BCUT2D eigenvalue weighted by Crippen LogP contribution is 2.41. The summed E-state index contributed by atoms with van der Waals surface area (Å²) in [6, 6.07) is 3.02. The molecule has 0 spiro atoms. The fourth-order valence-corrected chi connectivity index (χ4v) is 3.80. The van der Waals surface area contributed by atoms with Crippen LogP contribution in [0.1, 0.15) is 46.6 Å². The SMILES string of the molecule is CC(=O)N1c2cc(F)c(-c3cnn(C4CC4)c3)cc2N(C(=O)OC(C)C)C[C@@H]1C. The molecular weight excluding hydrogens is 375 g/mol. The van der Waals surface area contributed by atoms with Crippen molar-refractivity contribution in [1.82, 2.24) is 9.78 Å². The third-order valence-electron chi connectivity index (χ3n) is 5.23. The molecular formula is C21H25FN4O3. The fourth-order valence-electron chi connectivity index (χ4n) is 3.80. The van der Waals surface area contributed by atoms with Gasteiger partial charge in [-0.25, -0.2) is 9.18 Å². The molecule has 29 heavy (non-hydrogen) atoms. The lowest BCUT2D eigenvalue weighted by Crippen LogP contribution is -2.51. The number of hydrogen-bond donors (Lipinski definition) is 0. The minimum Gasteiger partial charge on any atom is -0.446 e. The van der Waals surface area contributed by atoms with Gasteiger partial charge in [0.25, 0.3) is 0 Å². The van der Waals surface area contributed by atoms with E-state index in [0.29, 0.717) is 28.5 Å². The molecule has 7 nitrogen and oxygen atoms in total. The lowest BCUT2D eigenvalue weighted by Gasteiger charge is -2.40. The Morgan fingerprint density at radius 2 is 1.97 bits per heavy atom. The molecule has 2 amide bonds. The number of hydrogen-bond acceptors (Lipinski definition) is 4. The summed E-state index contributed by atoms with van der Waals surface area (Å²) in [7, 11) is 0. The van der Waals surface area contributed by atoms with E-state index in [-0.39, 0.29) is 24.6 Å². The van der Waals surface area contributed by atoms with Crippen molar-refractivity contribution in [3.8, 4) is 11.1 Å². The number of benzene rings is 1. The van der Waals surface area contributed by atoms with Gasteiger partial charge in [0.2, 0.25) is 5.91 Å². The molecule has 0 N–H and O–H groups in total. The molecule has 1 aromatic carbocycles. The maximum absolute atomic E-state index is 15.1. The average Bonchev–Trinajstić information content (AvgIpc) is 3.37. The zero-order chi connectivity index (χ0) is 20.9. The second-order valence-corrected chi connectivity index (χ2v) is 8.04. The van der Waals surface area contributed by atoms with Gasteiger partial charge in [0, 0.05) is 36.9 Å². The van der Waals surface area contributed by atoms with Gasteiger partial charge in [0.15, 0.2) is 0 Å². The number of nitrogens with zero attached hydrogens (tertiary/aromatic N) is 4. The van der Waals surface area contributed by atoms with E-state index >= 15 is 4.39 Å². The largest absolute Gasteiger partial charge is 0.446 e. The second kappa shape index (κ2) is 7.17. The summed E-state index contributed by atoms with van der Waals surface area (Å²) < 4.78 is 22.3. The number of rotatable bonds is 3. The van der Waals surface area contributed by atoms with Crippen LogP contribution in [0.2, 0.25) is 0 Å². The summed E-state index contributed by atoms with van der Waals surface area (Å²) >= 11 is 0. The number of halogens is 1. The highest BCUT2D eigenvalue weighted by molar-refractivity contribution is 6.03. The number of carbonyl (C=O) groups excluding carboxylic acids is 2. The van der Waals surface area contributed by atoms with Crippen molar-refractivity contribution in [3.05, 3.63) is 30.3 Å². The van der Waals surface area contributed by atoms with Crippen LogP contribution in [-0.4, -0.2) is 40.5 Å². The number of aromatic nitrogens is 2. The Balaban J connectivity index is 1.81. The molecule has 0 radical (unpaired) electrons. The number of amides is 2. The Labute approximate surface area is 169 Å². The van der Waals surface area contributed by atoms with E-state index in [1.54, 1.807) is 26.1 Å². The molecule has 1 aromatic heterocycles. The summed E-state index contributed by atoms with van der Waals surface area (Å²) in [6.07, 6.45) is 4.82. The molecule has 8 heteroatoms. The van der Waals surface area contributed by atoms with Crippen molar-refractivity contribution in [2.45, 2.75) is 58.7 Å². The molecule has 1 fully saturated rings. The maximum Gasteiger partial charge on any atom is 0.414 e. The average molecular weight is 400 g/mol. The third kappa shape index (κ3) is 3.59. The Morgan fingerprint density at radius 3 is 2.59 bits per heavy atom. The maximum atomic E-state index is 15.1. The van der Waals surface area contributed by atoms with Crippen LogP contribution in [0.5, 0.6) is 0 Å². The smallest absolute Gasteiger partial charge is 0.414 e. The van der Waals surface area contributed by atoms with Crippen LogP contribution in [-0.2, 0) is 9.53 Å². The molecule has 1 aliphatic carbocycles. The van der Waals surface area contributed by atoms with E-state index in [1.807, 2.05) is 17.8 Å². The predicted octanol–water partition coefficient (Wildman–Crippen LogP) is 4.13. The van der Waals surface area contributed by atoms with Crippen LogP contribution < -0.4 is 9.80 Å². The quantitative estimate of drug-likeness (QED) is 0.777. The zero-order valence-electron chi connectivity index (χ0n) is 17.1. The van der Waals surface area contributed by atoms with Gasteiger partial charge in [-0.1, -0.05) is 0 Å². The van der Waals surface area contributed by atoms with Gasteiger partial charge in [0.05, 0.1) is 35.8 Å². The van der Waals surface area contributed by atoms with E-state index in [2.05, 4.69) is 5.10 Å². The van der Waals surface area contributed by atoms with Crippen LogP contribution in [0, 0.1) is 5.82 Å². The molecule has 0 bridgehead atoms. The first-order chi connectivity index (χ1) is 13.8. The molecule has 0 saturated heterocycles. The minimum absolute atomic E-state index is 0.204. The van der Waals surface area contributed by atoms with E-state index in [9.17, 15) is 9.59 Å². The first-order valence-corrected chi connectivity index (χ1v) is 9.92. The summed E-state index contributed by atoms with van der Waals surface area (Å²) in [4.78, 5) is 28.0. The molecule has 1 saturated carbocycles. The Morgan fingerprint density at radius 1 is 1.24 bits per heavy atom. The standard InChI is InChI=1S/C21H25FN4O3/c1-12(2)29-21(28)24-10-13(3)26(14(4)27)20-8-18(22)17(7-19(20)24)15-9-23-25(11-15)16-5-6-16/h7-9,11-13,16H,5-6,10H2,1-4H3/t13-/m0/s1. The van der Waals surface area contributed by atoms with E-state index in [0.717, 1.165) is 12.8 Å². The van der Waals surface area contributed by atoms with Gasteiger partial charge in [0.1, 0.15) is 5.82 Å². The van der Waals surface area contributed by atoms with Crippen molar-refractivity contribution in [3.63, 3.8) is 0 Å². The molecule has 4 rings (SSSR count). The molecule has 1 aliphatic heterocycles. The second-order valence-electron chi connectivity index (χ2n) is 8.04. The van der Waals surface area contributed by atoms with Crippen molar-refractivity contribution < 1.29 is 18.7 Å². The Kier molecular flexibility index (Phi) is 4.80.